The minimum absolute atomic E-state index is 0.0914. The standard InChI is InChI=1S/C11H7ClFN3O/c12-11-14-5-9(6-15-11)16-10(17)7-2-1-3-8(13)4-7/h1-6H,(H,16,17). The number of hydrogen-bond acceptors (Lipinski definition) is 3. The predicted octanol–water partition coefficient (Wildman–Crippen LogP) is 2.52. The molecule has 2 rings (SSSR count). The van der Waals surface area contributed by atoms with E-state index in [2.05, 4.69) is 15.3 Å². The van der Waals surface area contributed by atoms with Crippen LogP contribution in [0.1, 0.15) is 10.4 Å². The molecule has 1 aromatic carbocycles. The highest BCUT2D eigenvalue weighted by atomic mass is 35.5. The van der Waals surface area contributed by atoms with Gasteiger partial charge in [0.05, 0.1) is 18.1 Å². The Kier molecular flexibility index (Phi) is 3.30. The number of hydrogen-bond donors (Lipinski definition) is 1. The third-order valence-electron chi connectivity index (χ3n) is 1.97. The van der Waals surface area contributed by atoms with Crippen LogP contribution in [0.3, 0.4) is 0 Å². The molecule has 1 amide bonds. The first-order valence-corrected chi connectivity index (χ1v) is 5.07. The van der Waals surface area contributed by atoms with Gasteiger partial charge in [0.15, 0.2) is 0 Å². The summed E-state index contributed by atoms with van der Waals surface area (Å²) in [5, 5.41) is 2.61. The fourth-order valence-corrected chi connectivity index (χ4v) is 1.31. The highest BCUT2D eigenvalue weighted by Crippen LogP contribution is 2.09. The molecule has 0 bridgehead atoms. The second-order valence-corrected chi connectivity index (χ2v) is 3.54. The molecule has 86 valence electrons. The largest absolute Gasteiger partial charge is 0.319 e. The van der Waals surface area contributed by atoms with Gasteiger partial charge in [0, 0.05) is 5.56 Å². The van der Waals surface area contributed by atoms with Crippen LogP contribution >= 0.6 is 11.6 Å². The van der Waals surface area contributed by atoms with Crippen molar-refractivity contribution in [2.24, 2.45) is 0 Å². The van der Waals surface area contributed by atoms with Gasteiger partial charge in [-0.05, 0) is 29.8 Å². The lowest BCUT2D eigenvalue weighted by molar-refractivity contribution is 0.102. The Bertz CT molecular complexity index is 545. The lowest BCUT2D eigenvalue weighted by atomic mass is 10.2. The predicted molar refractivity (Wildman–Crippen MR) is 61.4 cm³/mol. The number of benzene rings is 1. The molecule has 0 saturated heterocycles. The van der Waals surface area contributed by atoms with Crippen molar-refractivity contribution in [3.05, 3.63) is 53.3 Å². The van der Waals surface area contributed by atoms with Gasteiger partial charge in [-0.3, -0.25) is 4.79 Å². The van der Waals surface area contributed by atoms with Gasteiger partial charge in [0.25, 0.3) is 5.91 Å². The fraction of sp³-hybridized carbons (Fsp3) is 0. The minimum atomic E-state index is -0.468. The Morgan fingerprint density at radius 1 is 1.29 bits per heavy atom. The average Bonchev–Trinajstić information content (AvgIpc) is 2.32. The van der Waals surface area contributed by atoms with Gasteiger partial charge in [-0.15, -0.1) is 0 Å². The van der Waals surface area contributed by atoms with E-state index in [1.807, 2.05) is 0 Å². The molecule has 17 heavy (non-hydrogen) atoms. The van der Waals surface area contributed by atoms with Crippen molar-refractivity contribution >= 4 is 23.2 Å². The summed E-state index contributed by atoms with van der Waals surface area (Å²) in [5.41, 5.74) is 0.614. The summed E-state index contributed by atoms with van der Waals surface area (Å²) < 4.78 is 12.9. The van der Waals surface area contributed by atoms with Gasteiger partial charge >= 0.3 is 0 Å². The van der Waals surface area contributed by atoms with Crippen molar-refractivity contribution in [1.29, 1.82) is 0 Å². The zero-order chi connectivity index (χ0) is 12.3. The van der Waals surface area contributed by atoms with Crippen LogP contribution < -0.4 is 5.32 Å². The van der Waals surface area contributed by atoms with E-state index in [0.717, 1.165) is 6.07 Å². The van der Waals surface area contributed by atoms with Gasteiger partial charge in [0.1, 0.15) is 5.82 Å². The number of rotatable bonds is 2. The number of nitrogens with one attached hydrogen (secondary N) is 1. The molecule has 2 aromatic rings. The van der Waals surface area contributed by atoms with Gasteiger partial charge in [-0.1, -0.05) is 6.07 Å². The smallest absolute Gasteiger partial charge is 0.255 e. The van der Waals surface area contributed by atoms with Crippen LogP contribution in [0.5, 0.6) is 0 Å². The van der Waals surface area contributed by atoms with E-state index in [9.17, 15) is 9.18 Å². The normalized spacial score (nSPS) is 10.0. The second-order valence-electron chi connectivity index (χ2n) is 3.21. The lowest BCUT2D eigenvalue weighted by Gasteiger charge is -2.04. The Labute approximate surface area is 101 Å². The van der Waals surface area contributed by atoms with E-state index in [-0.39, 0.29) is 10.8 Å². The first-order chi connectivity index (χ1) is 8.15. The van der Waals surface area contributed by atoms with E-state index in [1.54, 1.807) is 0 Å². The van der Waals surface area contributed by atoms with Crippen molar-refractivity contribution in [2.75, 3.05) is 5.32 Å². The van der Waals surface area contributed by atoms with E-state index in [1.165, 1.54) is 30.6 Å². The maximum atomic E-state index is 12.9. The van der Waals surface area contributed by atoms with Crippen LogP contribution in [0.2, 0.25) is 5.28 Å². The molecule has 0 aliphatic carbocycles. The molecule has 0 aliphatic rings. The molecule has 0 atom stereocenters. The third kappa shape index (κ3) is 2.98. The van der Waals surface area contributed by atoms with Gasteiger partial charge in [0.2, 0.25) is 5.28 Å². The van der Waals surface area contributed by atoms with E-state index in [4.69, 9.17) is 11.6 Å². The lowest BCUT2D eigenvalue weighted by Crippen LogP contribution is -2.12. The van der Waals surface area contributed by atoms with E-state index in [0.29, 0.717) is 5.69 Å². The second kappa shape index (κ2) is 4.88. The number of halogens is 2. The molecule has 0 saturated carbocycles. The molecule has 1 heterocycles. The van der Waals surface area contributed by atoms with Gasteiger partial charge in [-0.25, -0.2) is 14.4 Å². The monoisotopic (exact) mass is 251 g/mol. The minimum Gasteiger partial charge on any atom is -0.319 e. The van der Waals surface area contributed by atoms with Gasteiger partial charge in [-0.2, -0.15) is 0 Å². The summed E-state index contributed by atoms with van der Waals surface area (Å²) in [4.78, 5) is 19.1. The molecule has 0 fully saturated rings. The van der Waals surface area contributed by atoms with Crippen LogP contribution in [-0.2, 0) is 0 Å². The van der Waals surface area contributed by atoms with Crippen molar-refractivity contribution in [3.63, 3.8) is 0 Å². The summed E-state index contributed by atoms with van der Waals surface area (Å²) >= 11 is 5.50. The molecule has 0 radical (unpaired) electrons. The Morgan fingerprint density at radius 3 is 2.65 bits per heavy atom. The summed E-state index contributed by atoms with van der Waals surface area (Å²) in [6.07, 6.45) is 2.74. The molecule has 0 unspecified atom stereocenters. The Balaban J connectivity index is 2.14. The number of nitrogens with zero attached hydrogens (tertiary/aromatic N) is 2. The van der Waals surface area contributed by atoms with Crippen LogP contribution in [0.25, 0.3) is 0 Å². The number of carbonyl (C=O) groups is 1. The van der Waals surface area contributed by atoms with Crippen molar-refractivity contribution in [2.45, 2.75) is 0 Å². The van der Waals surface area contributed by atoms with Crippen LogP contribution in [-0.4, -0.2) is 15.9 Å². The molecule has 6 heteroatoms. The number of carbonyl (C=O) groups excluding carboxylic acids is 1. The quantitative estimate of drug-likeness (QED) is 0.835. The van der Waals surface area contributed by atoms with Gasteiger partial charge < -0.3 is 5.32 Å². The summed E-state index contributed by atoms with van der Waals surface area (Å²) in [5.74, 6) is -0.902. The molecule has 0 spiro atoms. The van der Waals surface area contributed by atoms with Crippen molar-refractivity contribution in [1.82, 2.24) is 9.97 Å². The maximum Gasteiger partial charge on any atom is 0.255 e. The highest BCUT2D eigenvalue weighted by molar-refractivity contribution is 6.28. The summed E-state index contributed by atoms with van der Waals surface area (Å²) in [6.45, 7) is 0. The van der Waals surface area contributed by atoms with Crippen LogP contribution in [0.4, 0.5) is 10.1 Å². The van der Waals surface area contributed by atoms with Crippen LogP contribution in [0, 0.1) is 5.82 Å². The first kappa shape index (κ1) is 11.5. The molecule has 0 aliphatic heterocycles. The van der Waals surface area contributed by atoms with Crippen LogP contribution in [0.15, 0.2) is 36.7 Å². The number of anilines is 1. The maximum absolute atomic E-state index is 12.9. The zero-order valence-corrected chi connectivity index (χ0v) is 9.28. The highest BCUT2D eigenvalue weighted by Gasteiger charge is 2.07. The third-order valence-corrected chi connectivity index (χ3v) is 2.16. The molecule has 1 N–H and O–H groups in total. The van der Waals surface area contributed by atoms with Crippen molar-refractivity contribution < 1.29 is 9.18 Å². The number of amides is 1. The molecular weight excluding hydrogens is 245 g/mol. The molecule has 4 nitrogen and oxygen atoms in total. The first-order valence-electron chi connectivity index (χ1n) is 4.69. The Morgan fingerprint density at radius 2 is 2.00 bits per heavy atom. The number of aromatic nitrogens is 2. The summed E-state index contributed by atoms with van der Waals surface area (Å²) in [7, 11) is 0. The molecule has 1 aromatic heterocycles. The topological polar surface area (TPSA) is 54.9 Å². The van der Waals surface area contributed by atoms with E-state index >= 15 is 0 Å². The Hall–Kier alpha value is -2.01. The van der Waals surface area contributed by atoms with Crippen molar-refractivity contribution in [3.8, 4) is 0 Å². The van der Waals surface area contributed by atoms with E-state index < -0.39 is 11.7 Å². The zero-order valence-electron chi connectivity index (χ0n) is 8.52. The summed E-state index contributed by atoms with van der Waals surface area (Å²) in [6, 6.07) is 5.38. The molecular formula is C11H7ClFN3O. The SMILES string of the molecule is O=C(Nc1cnc(Cl)nc1)c1cccc(F)c1. The average molecular weight is 252 g/mol. The fourth-order valence-electron chi connectivity index (χ4n) is 1.21.